The topological polar surface area (TPSA) is 35.8 Å². The Morgan fingerprint density at radius 2 is 2.19 bits per heavy atom. The van der Waals surface area contributed by atoms with Crippen molar-refractivity contribution in [2.24, 2.45) is 0 Å². The van der Waals surface area contributed by atoms with Gasteiger partial charge in [0.1, 0.15) is 5.82 Å². The summed E-state index contributed by atoms with van der Waals surface area (Å²) in [6, 6.07) is 8.74. The minimum Gasteiger partial charge on any atom is -0.315 e. The highest BCUT2D eigenvalue weighted by molar-refractivity contribution is 5.24. The third-order valence-electron chi connectivity index (χ3n) is 2.59. The van der Waals surface area contributed by atoms with E-state index in [-0.39, 0.29) is 11.2 Å². The van der Waals surface area contributed by atoms with Crippen LogP contribution < -0.4 is 5.32 Å². The molecule has 0 aliphatic carbocycles. The Morgan fingerprint density at radius 1 is 1.44 bits per heavy atom. The van der Waals surface area contributed by atoms with Crippen molar-refractivity contribution in [1.29, 1.82) is 5.26 Å². The summed E-state index contributed by atoms with van der Waals surface area (Å²) >= 11 is 0. The molecule has 0 aliphatic heterocycles. The van der Waals surface area contributed by atoms with Gasteiger partial charge in [-0.3, -0.25) is 0 Å². The third kappa shape index (κ3) is 3.63. The molecule has 1 aromatic carbocycles. The lowest BCUT2D eigenvalue weighted by Crippen LogP contribution is -2.33. The molecule has 0 saturated heterocycles. The highest BCUT2D eigenvalue weighted by Crippen LogP contribution is 2.22. The van der Waals surface area contributed by atoms with Crippen molar-refractivity contribution >= 4 is 0 Å². The van der Waals surface area contributed by atoms with Crippen molar-refractivity contribution in [3.63, 3.8) is 0 Å². The van der Waals surface area contributed by atoms with E-state index in [0.29, 0.717) is 13.0 Å². The van der Waals surface area contributed by atoms with E-state index in [1.807, 2.05) is 6.07 Å². The van der Waals surface area contributed by atoms with Crippen LogP contribution in [0.1, 0.15) is 25.8 Å². The molecule has 0 amide bonds. The van der Waals surface area contributed by atoms with Gasteiger partial charge in [0, 0.05) is 24.9 Å². The van der Waals surface area contributed by atoms with Gasteiger partial charge in [-0.05, 0) is 17.7 Å². The number of nitrogens with one attached hydrogen (secondary N) is 1. The number of rotatable bonds is 5. The van der Waals surface area contributed by atoms with Crippen molar-refractivity contribution < 1.29 is 4.39 Å². The quantitative estimate of drug-likeness (QED) is 0.774. The Balaban J connectivity index is 2.60. The second-order valence-electron chi connectivity index (χ2n) is 4.48. The largest absolute Gasteiger partial charge is 0.315 e. The molecule has 0 unspecified atom stereocenters. The summed E-state index contributed by atoms with van der Waals surface area (Å²) in [4.78, 5) is 0. The molecule has 0 heterocycles. The van der Waals surface area contributed by atoms with Crippen molar-refractivity contribution in [2.45, 2.75) is 25.7 Å². The molecular weight excluding hydrogens is 203 g/mol. The predicted molar refractivity (Wildman–Crippen MR) is 62.5 cm³/mol. The fourth-order valence-electron chi connectivity index (χ4n) is 1.56. The van der Waals surface area contributed by atoms with Gasteiger partial charge in [-0.2, -0.15) is 5.26 Å². The van der Waals surface area contributed by atoms with E-state index in [2.05, 4.69) is 25.2 Å². The fraction of sp³-hybridized carbons (Fsp3) is 0.462. The summed E-state index contributed by atoms with van der Waals surface area (Å²) in [5.74, 6) is -0.206. The van der Waals surface area contributed by atoms with E-state index in [1.165, 1.54) is 6.07 Å². The smallest absolute Gasteiger partial charge is 0.123 e. The van der Waals surface area contributed by atoms with Crippen LogP contribution in [0.25, 0.3) is 0 Å². The molecule has 0 spiro atoms. The molecule has 1 rings (SSSR count). The Bertz CT molecular complexity index is 380. The molecular formula is C13H17FN2. The number of halogens is 1. The van der Waals surface area contributed by atoms with Gasteiger partial charge in [0.15, 0.2) is 0 Å². The molecule has 0 radical (unpaired) electrons. The number of nitriles is 1. The first-order valence-electron chi connectivity index (χ1n) is 5.40. The van der Waals surface area contributed by atoms with E-state index in [9.17, 15) is 4.39 Å². The Hall–Kier alpha value is -1.40. The van der Waals surface area contributed by atoms with Crippen LogP contribution in [0.15, 0.2) is 24.3 Å². The van der Waals surface area contributed by atoms with Gasteiger partial charge in [0.2, 0.25) is 0 Å². The van der Waals surface area contributed by atoms with Gasteiger partial charge in [-0.25, -0.2) is 4.39 Å². The minimum absolute atomic E-state index is 0.127. The zero-order chi connectivity index (χ0) is 12.0. The summed E-state index contributed by atoms with van der Waals surface area (Å²) in [7, 11) is 0. The highest BCUT2D eigenvalue weighted by atomic mass is 19.1. The van der Waals surface area contributed by atoms with Crippen LogP contribution >= 0.6 is 0 Å². The average Bonchev–Trinajstić information content (AvgIpc) is 2.24. The molecule has 1 N–H and O–H groups in total. The number of benzene rings is 1. The Morgan fingerprint density at radius 3 is 2.81 bits per heavy atom. The number of nitrogens with zero attached hydrogens (tertiary/aromatic N) is 1. The van der Waals surface area contributed by atoms with E-state index >= 15 is 0 Å². The van der Waals surface area contributed by atoms with E-state index in [0.717, 1.165) is 12.1 Å². The van der Waals surface area contributed by atoms with Crippen LogP contribution in [0.4, 0.5) is 4.39 Å². The molecule has 0 bridgehead atoms. The van der Waals surface area contributed by atoms with Crippen molar-refractivity contribution in [2.75, 3.05) is 13.1 Å². The van der Waals surface area contributed by atoms with Crippen LogP contribution in [0.2, 0.25) is 0 Å². The fourth-order valence-corrected chi connectivity index (χ4v) is 1.56. The lowest BCUT2D eigenvalue weighted by molar-refractivity contribution is 0.470. The number of hydrogen-bond acceptors (Lipinski definition) is 2. The molecule has 0 atom stereocenters. The zero-order valence-electron chi connectivity index (χ0n) is 9.76. The average molecular weight is 220 g/mol. The van der Waals surface area contributed by atoms with E-state index in [4.69, 9.17) is 5.26 Å². The monoisotopic (exact) mass is 220 g/mol. The Labute approximate surface area is 96.1 Å². The summed E-state index contributed by atoms with van der Waals surface area (Å²) in [5, 5.41) is 11.6. The minimum atomic E-state index is -0.206. The van der Waals surface area contributed by atoms with Gasteiger partial charge in [0.25, 0.3) is 0 Å². The summed E-state index contributed by atoms with van der Waals surface area (Å²) < 4.78 is 13.1. The lowest BCUT2D eigenvalue weighted by atomic mass is 9.84. The van der Waals surface area contributed by atoms with E-state index in [1.54, 1.807) is 12.1 Å². The van der Waals surface area contributed by atoms with Crippen LogP contribution in [-0.4, -0.2) is 13.1 Å². The maximum atomic E-state index is 13.1. The molecule has 1 aromatic rings. The molecule has 3 heteroatoms. The predicted octanol–water partition coefficient (Wildman–Crippen LogP) is 2.61. The maximum absolute atomic E-state index is 13.1. The Kier molecular flexibility index (Phi) is 4.45. The molecule has 0 aliphatic rings. The van der Waals surface area contributed by atoms with Gasteiger partial charge >= 0.3 is 0 Å². The second-order valence-corrected chi connectivity index (χ2v) is 4.48. The summed E-state index contributed by atoms with van der Waals surface area (Å²) in [5.41, 5.74) is 0.842. The van der Waals surface area contributed by atoms with E-state index < -0.39 is 0 Å². The highest BCUT2D eigenvalue weighted by Gasteiger charge is 2.20. The second kappa shape index (κ2) is 5.62. The SMILES string of the molecule is CC(C)(CNCCC#N)c1cccc(F)c1. The standard InChI is InChI=1S/C13H17FN2/c1-13(2,10-16-8-4-7-15)11-5-3-6-12(14)9-11/h3,5-6,9,16H,4,8,10H2,1-2H3. The van der Waals surface area contributed by atoms with Crippen LogP contribution in [0.3, 0.4) is 0 Å². The normalized spacial score (nSPS) is 11.1. The first-order valence-corrected chi connectivity index (χ1v) is 5.40. The van der Waals surface area contributed by atoms with Gasteiger partial charge in [-0.1, -0.05) is 26.0 Å². The third-order valence-corrected chi connectivity index (χ3v) is 2.59. The molecule has 0 aromatic heterocycles. The lowest BCUT2D eigenvalue weighted by Gasteiger charge is -2.25. The van der Waals surface area contributed by atoms with Crippen LogP contribution in [0, 0.1) is 17.1 Å². The zero-order valence-corrected chi connectivity index (χ0v) is 9.76. The summed E-state index contributed by atoms with van der Waals surface area (Å²) in [6.45, 7) is 5.52. The molecule has 2 nitrogen and oxygen atoms in total. The van der Waals surface area contributed by atoms with Crippen molar-refractivity contribution in [1.82, 2.24) is 5.32 Å². The maximum Gasteiger partial charge on any atom is 0.123 e. The molecule has 16 heavy (non-hydrogen) atoms. The van der Waals surface area contributed by atoms with Gasteiger partial charge < -0.3 is 5.32 Å². The van der Waals surface area contributed by atoms with Gasteiger partial charge in [0.05, 0.1) is 6.07 Å². The van der Waals surface area contributed by atoms with Gasteiger partial charge in [-0.15, -0.1) is 0 Å². The summed E-state index contributed by atoms with van der Waals surface area (Å²) in [6.07, 6.45) is 0.499. The van der Waals surface area contributed by atoms with Crippen LogP contribution in [0.5, 0.6) is 0 Å². The van der Waals surface area contributed by atoms with Crippen LogP contribution in [-0.2, 0) is 5.41 Å². The first kappa shape index (κ1) is 12.7. The number of hydrogen-bond donors (Lipinski definition) is 1. The molecule has 0 fully saturated rings. The first-order chi connectivity index (χ1) is 7.56. The molecule has 86 valence electrons. The molecule has 0 saturated carbocycles. The van der Waals surface area contributed by atoms with Crippen molar-refractivity contribution in [3.05, 3.63) is 35.6 Å². The van der Waals surface area contributed by atoms with Crippen molar-refractivity contribution in [3.8, 4) is 6.07 Å².